The van der Waals surface area contributed by atoms with Crippen LogP contribution in [0.1, 0.15) is 8.97 Å². The third-order valence-corrected chi connectivity index (χ3v) is 3.05. The van der Waals surface area contributed by atoms with Gasteiger partial charge in [-0.3, -0.25) is 4.57 Å². The number of aliphatic hydroxyl groups is 2. The summed E-state index contributed by atoms with van der Waals surface area (Å²) in [5.74, 6) is 2.24. The first-order valence-corrected chi connectivity index (χ1v) is 5.81. The van der Waals surface area contributed by atoms with Crippen molar-refractivity contribution in [2.24, 2.45) is 5.73 Å². The number of halogens is 1. The Morgan fingerprint density at radius 3 is 3.00 bits per heavy atom. The van der Waals surface area contributed by atoms with Crippen LogP contribution in [0, 0.1) is 11.3 Å². The molecule has 2 heterocycles. The highest BCUT2D eigenvalue weighted by Crippen LogP contribution is 2.35. The zero-order chi connectivity index (χ0) is 16.7. The lowest BCUT2D eigenvalue weighted by atomic mass is 9.92. The van der Waals surface area contributed by atoms with Gasteiger partial charge in [0, 0.05) is 11.6 Å². The third kappa shape index (κ3) is 2.26. The quantitative estimate of drug-likeness (QED) is 0.462. The number of aliphatic hydroxyl groups excluding tert-OH is 1. The first-order chi connectivity index (χ1) is 10.1. The van der Waals surface area contributed by atoms with Crippen LogP contribution in [0.15, 0.2) is 17.1 Å². The van der Waals surface area contributed by atoms with Crippen LogP contribution in [0.3, 0.4) is 0 Å². The molecule has 0 spiro atoms. The summed E-state index contributed by atoms with van der Waals surface area (Å²) in [5, 5.41) is 21.6. The minimum Gasteiger partial charge on any atom is -0.394 e. The van der Waals surface area contributed by atoms with E-state index in [2.05, 4.69) is 10.9 Å². The maximum atomic E-state index is 11.9. The minimum absolute atomic E-state index is 0.0418. The fourth-order valence-corrected chi connectivity index (χ4v) is 2.10. The second-order valence-corrected chi connectivity index (χ2v) is 4.37. The molecule has 1 fully saturated rings. The predicted molar refractivity (Wildman–Crippen MR) is 70.5 cm³/mol. The van der Waals surface area contributed by atoms with Crippen LogP contribution in [0.4, 0.5) is 5.82 Å². The molecule has 1 saturated heterocycles. The van der Waals surface area contributed by atoms with Gasteiger partial charge in [0.05, 0.1) is 9.30 Å². The first-order valence-electron chi connectivity index (χ1n) is 6.43. The number of hydrogen-bond donors (Lipinski definition) is 4. The van der Waals surface area contributed by atoms with Gasteiger partial charge in [0.25, 0.3) is 0 Å². The van der Waals surface area contributed by atoms with E-state index in [1.165, 1.54) is 12.3 Å². The van der Waals surface area contributed by atoms with Crippen molar-refractivity contribution >= 4 is 17.4 Å². The number of anilines is 1. The molecule has 0 bridgehead atoms. The van der Waals surface area contributed by atoms with Crippen molar-refractivity contribution < 1.29 is 17.7 Å². The van der Waals surface area contributed by atoms with Gasteiger partial charge in [-0.15, -0.1) is 0 Å². The van der Waals surface area contributed by atoms with Crippen molar-refractivity contribution in [3.63, 3.8) is 0 Å². The monoisotopic (exact) mass is 302 g/mol. The molecule has 20 heavy (non-hydrogen) atoms. The molecular formula is C11H13ClN4O4. The largest absolute Gasteiger partial charge is 0.394 e. The summed E-state index contributed by atoms with van der Waals surface area (Å²) in [6, 6.07) is 1.28. The van der Waals surface area contributed by atoms with E-state index >= 15 is 0 Å². The molecule has 0 radical (unpaired) electrons. The molecule has 4 atom stereocenters. The van der Waals surface area contributed by atoms with Crippen LogP contribution < -0.4 is 17.2 Å². The molecule has 0 aromatic carbocycles. The maximum absolute atomic E-state index is 11.9. The van der Waals surface area contributed by atoms with Gasteiger partial charge in [-0.2, -0.15) is 4.98 Å². The summed E-state index contributed by atoms with van der Waals surface area (Å²) in [5.41, 5.74) is 8.55. The number of ether oxygens (including phenoxy) is 1. The standard InChI is InChI=1S/C11H13ClN4O4/c12-3-2-11(14)8(18)6(5-17)20-9(11)16-4-1-7(13)15-10(16)19/h1,4,6,8-9,17-18H,5,14H2,(H2,13,15,19)/t6-,8+,9-,11?/m1/s1/i5D2. The lowest BCUT2D eigenvalue weighted by Gasteiger charge is -2.27. The first kappa shape index (κ1) is 12.1. The van der Waals surface area contributed by atoms with Crippen LogP contribution in [-0.2, 0) is 4.74 Å². The van der Waals surface area contributed by atoms with Crippen molar-refractivity contribution in [1.82, 2.24) is 9.55 Å². The molecule has 0 amide bonds. The fourth-order valence-electron chi connectivity index (χ4n) is 1.94. The molecule has 1 aromatic rings. The Kier molecular flexibility index (Phi) is 3.27. The molecule has 8 nitrogen and oxygen atoms in total. The van der Waals surface area contributed by atoms with Gasteiger partial charge < -0.3 is 26.4 Å². The van der Waals surface area contributed by atoms with E-state index in [1.807, 2.05) is 5.38 Å². The maximum Gasteiger partial charge on any atom is 0.351 e. The zero-order valence-corrected chi connectivity index (χ0v) is 10.8. The van der Waals surface area contributed by atoms with Crippen molar-refractivity contribution in [1.29, 1.82) is 0 Å². The van der Waals surface area contributed by atoms with Gasteiger partial charge in [0.1, 0.15) is 18.0 Å². The summed E-state index contributed by atoms with van der Waals surface area (Å²) in [6.45, 7) is -2.92. The molecular weight excluding hydrogens is 288 g/mol. The fraction of sp³-hybridized carbons (Fsp3) is 0.455. The molecule has 1 aromatic heterocycles. The highest BCUT2D eigenvalue weighted by Gasteiger charge is 2.54. The lowest BCUT2D eigenvalue weighted by Crippen LogP contribution is -2.54. The van der Waals surface area contributed by atoms with Crippen molar-refractivity contribution in [2.45, 2.75) is 24.0 Å². The normalized spacial score (nSPS) is 34.9. The van der Waals surface area contributed by atoms with E-state index in [9.17, 15) is 15.0 Å². The molecule has 1 aliphatic heterocycles. The van der Waals surface area contributed by atoms with Crippen LogP contribution in [0.25, 0.3) is 0 Å². The molecule has 0 saturated carbocycles. The molecule has 2 rings (SSSR count). The van der Waals surface area contributed by atoms with E-state index in [-0.39, 0.29) is 5.82 Å². The minimum atomic E-state index is -2.92. The van der Waals surface area contributed by atoms with Crippen molar-refractivity contribution in [3.8, 4) is 11.3 Å². The highest BCUT2D eigenvalue weighted by atomic mass is 35.5. The number of rotatable bonds is 2. The van der Waals surface area contributed by atoms with E-state index < -0.39 is 36.2 Å². The Hall–Kier alpha value is -1.63. The van der Waals surface area contributed by atoms with Crippen molar-refractivity contribution in [3.05, 3.63) is 22.7 Å². The molecule has 6 N–H and O–H groups in total. The van der Waals surface area contributed by atoms with Crippen molar-refractivity contribution in [2.75, 3.05) is 12.3 Å². The van der Waals surface area contributed by atoms with Gasteiger partial charge in [-0.25, -0.2) is 4.79 Å². The Morgan fingerprint density at radius 1 is 1.75 bits per heavy atom. The summed E-state index contributed by atoms with van der Waals surface area (Å²) in [7, 11) is 0. The lowest BCUT2D eigenvalue weighted by molar-refractivity contribution is -0.0476. The summed E-state index contributed by atoms with van der Waals surface area (Å²) < 4.78 is 20.7. The van der Waals surface area contributed by atoms with Crippen LogP contribution in [0.2, 0.25) is 0 Å². The summed E-state index contributed by atoms with van der Waals surface area (Å²) in [6.07, 6.45) is -3.73. The summed E-state index contributed by atoms with van der Waals surface area (Å²) >= 11 is 5.33. The van der Waals surface area contributed by atoms with Gasteiger partial charge in [-0.1, -0.05) is 5.92 Å². The zero-order valence-electron chi connectivity index (χ0n) is 12.0. The number of aromatic nitrogens is 2. The summed E-state index contributed by atoms with van der Waals surface area (Å²) in [4.78, 5) is 15.4. The second-order valence-electron chi connectivity index (χ2n) is 4.18. The van der Waals surface area contributed by atoms with E-state index in [4.69, 9.17) is 30.5 Å². The third-order valence-electron chi connectivity index (χ3n) is 2.96. The van der Waals surface area contributed by atoms with Gasteiger partial charge >= 0.3 is 5.69 Å². The van der Waals surface area contributed by atoms with Gasteiger partial charge in [0.15, 0.2) is 11.8 Å². The number of nitrogens with zero attached hydrogens (tertiary/aromatic N) is 2. The van der Waals surface area contributed by atoms with Gasteiger partial charge in [-0.05, 0) is 17.7 Å². The van der Waals surface area contributed by atoms with Crippen LogP contribution in [0.5, 0.6) is 0 Å². The van der Waals surface area contributed by atoms with E-state index in [0.29, 0.717) is 0 Å². The SMILES string of the molecule is [2H]C([2H])(O)[C@H]1O[C@@H](n2ccc(N)nc2=O)C(N)(C#CCl)[C@H]1O. The van der Waals surface area contributed by atoms with Gasteiger partial charge in [0.2, 0.25) is 0 Å². The second kappa shape index (κ2) is 5.40. The molecule has 9 heteroatoms. The van der Waals surface area contributed by atoms with Crippen LogP contribution in [-0.4, -0.2) is 44.1 Å². The van der Waals surface area contributed by atoms with E-state index in [0.717, 1.165) is 4.57 Å². The predicted octanol–water partition coefficient (Wildman–Crippen LogP) is -2.03. The molecule has 108 valence electrons. The molecule has 0 aliphatic carbocycles. The average molecular weight is 303 g/mol. The smallest absolute Gasteiger partial charge is 0.351 e. The molecule has 1 aliphatic rings. The Balaban J connectivity index is 2.57. The Morgan fingerprint density at radius 2 is 2.45 bits per heavy atom. The topological polar surface area (TPSA) is 137 Å². The number of hydrogen-bond acceptors (Lipinski definition) is 7. The Labute approximate surface area is 121 Å². The Bertz CT molecular complexity index is 698. The highest BCUT2D eigenvalue weighted by molar-refractivity contribution is 6.30. The number of nitrogens with two attached hydrogens (primary N) is 2. The van der Waals surface area contributed by atoms with Crippen LogP contribution >= 0.6 is 11.6 Å². The number of nitrogen functional groups attached to an aromatic ring is 1. The average Bonchev–Trinajstić information content (AvgIpc) is 2.63. The van der Waals surface area contributed by atoms with E-state index in [1.54, 1.807) is 0 Å². The molecule has 1 unspecified atom stereocenters.